The molecule has 0 aliphatic heterocycles. The number of rotatable bonds is 3. The number of halogens is 3. The zero-order chi connectivity index (χ0) is 19.1. The molecule has 1 aromatic carbocycles. The molecule has 0 spiro atoms. The zero-order valence-electron chi connectivity index (χ0n) is 13.9. The van der Waals surface area contributed by atoms with E-state index in [0.29, 0.717) is 11.3 Å². The summed E-state index contributed by atoms with van der Waals surface area (Å²) in [6.45, 7) is 0. The highest BCUT2D eigenvalue weighted by Gasteiger charge is 2.35. The predicted octanol–water partition coefficient (Wildman–Crippen LogP) is 2.79. The summed E-state index contributed by atoms with van der Waals surface area (Å²) in [5.74, 6) is 0.112. The largest absolute Gasteiger partial charge is 0.434 e. The van der Waals surface area contributed by atoms with Gasteiger partial charge in [0.1, 0.15) is 7.05 Å². The normalized spacial score (nSPS) is 12.3. The molecule has 5 nitrogen and oxygen atoms in total. The Balaban J connectivity index is 2.18. The maximum absolute atomic E-state index is 13.2. The number of imidazole rings is 1. The summed E-state index contributed by atoms with van der Waals surface area (Å²) >= 11 is 0. The molecule has 0 amide bonds. The highest BCUT2D eigenvalue weighted by molar-refractivity contribution is 7.90. The lowest BCUT2D eigenvalue weighted by Crippen LogP contribution is -2.26. The van der Waals surface area contributed by atoms with Gasteiger partial charge in [0.25, 0.3) is 0 Å². The molecular weight excluding hydrogens is 367 g/mol. The molecule has 0 fully saturated rings. The Bertz CT molecular complexity index is 1060. The van der Waals surface area contributed by atoms with Crippen molar-refractivity contribution in [2.45, 2.75) is 11.1 Å². The van der Waals surface area contributed by atoms with Crippen molar-refractivity contribution in [3.05, 3.63) is 60.7 Å². The first-order chi connectivity index (χ1) is 12.1. The monoisotopic (exact) mass is 382 g/mol. The molecule has 2 aromatic heterocycles. The lowest BCUT2D eigenvalue weighted by Gasteiger charge is -2.08. The summed E-state index contributed by atoms with van der Waals surface area (Å²) in [7, 11) is -1.64. The summed E-state index contributed by atoms with van der Waals surface area (Å²) in [5.41, 5.74) is -0.147. The molecule has 0 unspecified atom stereocenters. The van der Waals surface area contributed by atoms with Crippen molar-refractivity contribution in [1.29, 1.82) is 0 Å². The second-order valence-corrected chi connectivity index (χ2v) is 7.86. The van der Waals surface area contributed by atoms with Gasteiger partial charge in [-0.05, 0) is 30.3 Å². The van der Waals surface area contributed by atoms with Gasteiger partial charge in [-0.25, -0.2) is 18.0 Å². The quantitative estimate of drug-likeness (QED) is 0.655. The van der Waals surface area contributed by atoms with Gasteiger partial charge in [-0.1, -0.05) is 0 Å². The third-order valence-corrected chi connectivity index (χ3v) is 4.87. The van der Waals surface area contributed by atoms with E-state index < -0.39 is 21.7 Å². The number of benzene rings is 1. The van der Waals surface area contributed by atoms with Crippen LogP contribution in [0.1, 0.15) is 5.69 Å². The van der Waals surface area contributed by atoms with Gasteiger partial charge in [-0.3, -0.25) is 4.57 Å². The molecule has 0 aliphatic rings. The molecule has 0 aliphatic carbocycles. The van der Waals surface area contributed by atoms with Crippen LogP contribution in [-0.2, 0) is 23.1 Å². The summed E-state index contributed by atoms with van der Waals surface area (Å²) in [6, 6.07) is 8.97. The van der Waals surface area contributed by atoms with Crippen LogP contribution in [0.5, 0.6) is 0 Å². The van der Waals surface area contributed by atoms with Crippen molar-refractivity contribution in [1.82, 2.24) is 9.55 Å². The summed E-state index contributed by atoms with van der Waals surface area (Å²) in [4.78, 5) is 3.83. The van der Waals surface area contributed by atoms with E-state index in [0.717, 1.165) is 12.5 Å². The Morgan fingerprint density at radius 3 is 2.31 bits per heavy atom. The van der Waals surface area contributed by atoms with E-state index in [2.05, 4.69) is 4.98 Å². The van der Waals surface area contributed by atoms with Gasteiger partial charge in [-0.2, -0.15) is 13.2 Å². The van der Waals surface area contributed by atoms with E-state index in [1.165, 1.54) is 28.8 Å². The molecular formula is C17H15F3N3O2S+. The number of nitrogens with zero attached hydrogens (tertiary/aromatic N) is 3. The van der Waals surface area contributed by atoms with Crippen LogP contribution in [-0.4, -0.2) is 24.2 Å². The first kappa shape index (κ1) is 18.1. The molecule has 26 heavy (non-hydrogen) atoms. The van der Waals surface area contributed by atoms with E-state index in [4.69, 9.17) is 0 Å². The van der Waals surface area contributed by atoms with Crippen molar-refractivity contribution in [2.24, 2.45) is 7.05 Å². The topological polar surface area (TPSA) is 55.8 Å². The van der Waals surface area contributed by atoms with Gasteiger partial charge in [0.05, 0.1) is 10.5 Å². The third kappa shape index (κ3) is 3.62. The average molecular weight is 382 g/mol. The number of hydrogen-bond acceptors (Lipinski definition) is 3. The Morgan fingerprint density at radius 1 is 1.12 bits per heavy atom. The van der Waals surface area contributed by atoms with E-state index >= 15 is 0 Å². The second-order valence-electron chi connectivity index (χ2n) is 5.84. The van der Waals surface area contributed by atoms with Gasteiger partial charge < -0.3 is 0 Å². The molecule has 136 valence electrons. The fourth-order valence-corrected chi connectivity index (χ4v) is 3.12. The zero-order valence-corrected chi connectivity index (χ0v) is 14.7. The fraction of sp³-hybridized carbons (Fsp3) is 0.176. The van der Waals surface area contributed by atoms with Crippen LogP contribution in [0.3, 0.4) is 0 Å². The van der Waals surface area contributed by atoms with Gasteiger partial charge in [0.2, 0.25) is 0 Å². The molecule has 2 heterocycles. The molecule has 3 aromatic rings. The van der Waals surface area contributed by atoms with E-state index in [9.17, 15) is 21.6 Å². The Labute approximate surface area is 148 Å². The van der Waals surface area contributed by atoms with Crippen molar-refractivity contribution in [2.75, 3.05) is 6.26 Å². The van der Waals surface area contributed by atoms with Gasteiger partial charge in [0.15, 0.2) is 33.7 Å². The molecule has 0 saturated carbocycles. The number of pyridine rings is 1. The molecule has 3 rings (SSSR count). The van der Waals surface area contributed by atoms with Crippen LogP contribution in [0.2, 0.25) is 0 Å². The number of aromatic nitrogens is 3. The first-order valence-corrected chi connectivity index (χ1v) is 9.37. The minimum absolute atomic E-state index is 0.0880. The van der Waals surface area contributed by atoms with Crippen molar-refractivity contribution in [3.63, 3.8) is 0 Å². The van der Waals surface area contributed by atoms with Gasteiger partial charge in [-0.15, -0.1) is 0 Å². The lowest BCUT2D eigenvalue weighted by atomic mass is 10.2. The average Bonchev–Trinajstić information content (AvgIpc) is 3.00. The maximum atomic E-state index is 13.2. The summed E-state index contributed by atoms with van der Waals surface area (Å²) < 4.78 is 65.6. The molecule has 0 atom stereocenters. The van der Waals surface area contributed by atoms with E-state index in [1.807, 2.05) is 0 Å². The highest BCUT2D eigenvalue weighted by Crippen LogP contribution is 2.32. The van der Waals surface area contributed by atoms with Crippen LogP contribution in [0, 0.1) is 0 Å². The number of aryl methyl sites for hydroxylation is 1. The van der Waals surface area contributed by atoms with Crippen LogP contribution < -0.4 is 4.57 Å². The fourth-order valence-electron chi connectivity index (χ4n) is 2.49. The van der Waals surface area contributed by atoms with Crippen LogP contribution in [0.4, 0.5) is 13.2 Å². The Kier molecular flexibility index (Phi) is 4.35. The summed E-state index contributed by atoms with van der Waals surface area (Å²) in [5, 5.41) is 0. The van der Waals surface area contributed by atoms with Crippen molar-refractivity contribution in [3.8, 4) is 17.1 Å². The first-order valence-electron chi connectivity index (χ1n) is 7.48. The Morgan fingerprint density at radius 2 is 1.77 bits per heavy atom. The molecule has 0 bridgehead atoms. The minimum Gasteiger partial charge on any atom is -0.299 e. The summed E-state index contributed by atoms with van der Waals surface area (Å²) in [6.07, 6.45) is 0.782. The van der Waals surface area contributed by atoms with Crippen molar-refractivity contribution >= 4 is 9.84 Å². The van der Waals surface area contributed by atoms with Gasteiger partial charge >= 0.3 is 6.18 Å². The molecule has 0 N–H and O–H groups in total. The maximum Gasteiger partial charge on any atom is 0.434 e. The predicted molar refractivity (Wildman–Crippen MR) is 88.3 cm³/mol. The molecule has 9 heteroatoms. The van der Waals surface area contributed by atoms with E-state index in [-0.39, 0.29) is 10.7 Å². The molecule has 0 saturated heterocycles. The van der Waals surface area contributed by atoms with Crippen LogP contribution >= 0.6 is 0 Å². The third-order valence-electron chi connectivity index (χ3n) is 3.74. The lowest BCUT2D eigenvalue weighted by molar-refractivity contribution is -0.671. The standard InChI is InChI=1S/C17H15F3N3O2S/c1-22-9-3-4-12(10-22)16-21-15(17(18,19)20)11-23(16)13-5-7-14(8-6-13)26(2,24)25/h3-11H,1-2H3/q+1. The Hall–Kier alpha value is -2.68. The van der Waals surface area contributed by atoms with Crippen LogP contribution in [0.25, 0.3) is 17.1 Å². The second kappa shape index (κ2) is 6.24. The van der Waals surface area contributed by atoms with Crippen LogP contribution in [0.15, 0.2) is 59.9 Å². The van der Waals surface area contributed by atoms with Gasteiger partial charge in [0, 0.05) is 24.2 Å². The smallest absolute Gasteiger partial charge is 0.299 e. The molecule has 0 radical (unpaired) electrons. The SMILES string of the molecule is C[n+]1cccc(-c2nc(C(F)(F)F)cn2-c2ccc(S(C)(=O)=O)cc2)c1. The number of alkyl halides is 3. The minimum atomic E-state index is -4.59. The van der Waals surface area contributed by atoms with Crippen molar-refractivity contribution < 1.29 is 26.2 Å². The van der Waals surface area contributed by atoms with E-state index in [1.54, 1.807) is 36.1 Å². The number of hydrogen-bond donors (Lipinski definition) is 0. The number of sulfone groups is 1. The highest BCUT2D eigenvalue weighted by atomic mass is 32.2.